The zero-order valence-electron chi connectivity index (χ0n) is 14.6. The molecule has 0 aliphatic heterocycles. The molecule has 0 aliphatic carbocycles. The highest BCUT2D eigenvalue weighted by molar-refractivity contribution is 5.95. The van der Waals surface area contributed by atoms with Crippen LogP contribution in [0.15, 0.2) is 36.4 Å². The molecule has 0 saturated heterocycles. The van der Waals surface area contributed by atoms with Crippen LogP contribution in [0.5, 0.6) is 0 Å². The van der Waals surface area contributed by atoms with Gasteiger partial charge in [0.15, 0.2) is 0 Å². The molecule has 0 heterocycles. The smallest absolute Gasteiger partial charge is 0.338 e. The molecule has 2 aromatic carbocycles. The minimum Gasteiger partial charge on any atom is -0.462 e. The van der Waals surface area contributed by atoms with Crippen molar-refractivity contribution < 1.29 is 14.3 Å². The van der Waals surface area contributed by atoms with E-state index in [4.69, 9.17) is 4.74 Å². The Morgan fingerprint density at radius 3 is 2.38 bits per heavy atom. The van der Waals surface area contributed by atoms with Crippen molar-refractivity contribution >= 4 is 17.6 Å². The van der Waals surface area contributed by atoms with Crippen LogP contribution in [0.3, 0.4) is 0 Å². The molecule has 0 fully saturated rings. The summed E-state index contributed by atoms with van der Waals surface area (Å²) < 4.78 is 4.98. The van der Waals surface area contributed by atoms with Crippen LogP contribution in [-0.2, 0) is 16.0 Å². The number of carbonyl (C=O) groups is 2. The number of hydrogen-bond acceptors (Lipinski definition) is 3. The van der Waals surface area contributed by atoms with E-state index < -0.39 is 0 Å². The second-order valence-corrected chi connectivity index (χ2v) is 5.91. The number of benzene rings is 2. The van der Waals surface area contributed by atoms with Gasteiger partial charge in [0.25, 0.3) is 0 Å². The summed E-state index contributed by atoms with van der Waals surface area (Å²) >= 11 is 0. The first-order valence-electron chi connectivity index (χ1n) is 8.04. The quantitative estimate of drug-likeness (QED) is 0.846. The second kappa shape index (κ2) is 7.77. The number of rotatable bonds is 5. The van der Waals surface area contributed by atoms with Crippen molar-refractivity contribution in [3.63, 3.8) is 0 Å². The Kier molecular flexibility index (Phi) is 5.74. The number of aryl methyl sites for hydroxylation is 3. The summed E-state index contributed by atoms with van der Waals surface area (Å²) in [5.41, 5.74) is 5.33. The lowest BCUT2D eigenvalue weighted by molar-refractivity contribution is -0.115. The van der Waals surface area contributed by atoms with E-state index in [1.807, 2.05) is 32.9 Å². The van der Waals surface area contributed by atoms with Crippen LogP contribution < -0.4 is 5.32 Å². The fourth-order valence-corrected chi connectivity index (χ4v) is 2.56. The molecule has 1 N–H and O–H groups in total. The van der Waals surface area contributed by atoms with Crippen molar-refractivity contribution in [2.24, 2.45) is 0 Å². The van der Waals surface area contributed by atoms with Gasteiger partial charge in [-0.2, -0.15) is 0 Å². The number of anilines is 1. The van der Waals surface area contributed by atoms with E-state index in [9.17, 15) is 9.59 Å². The van der Waals surface area contributed by atoms with Gasteiger partial charge in [-0.15, -0.1) is 0 Å². The Morgan fingerprint density at radius 2 is 1.75 bits per heavy atom. The zero-order valence-corrected chi connectivity index (χ0v) is 14.6. The highest BCUT2D eigenvalue weighted by Crippen LogP contribution is 2.18. The van der Waals surface area contributed by atoms with Gasteiger partial charge in [-0.25, -0.2) is 4.79 Å². The number of ether oxygens (including phenoxy) is 1. The maximum absolute atomic E-state index is 12.3. The van der Waals surface area contributed by atoms with E-state index in [1.54, 1.807) is 25.1 Å². The van der Waals surface area contributed by atoms with E-state index in [-0.39, 0.29) is 11.9 Å². The standard InChI is InChI=1S/C20H23NO3/c1-5-24-20(23)17-8-9-18(15(4)11-17)21-19(22)12-16-7-6-13(2)10-14(16)3/h6-11H,5,12H2,1-4H3,(H,21,22). The van der Waals surface area contributed by atoms with Crippen LogP contribution >= 0.6 is 0 Å². The fraction of sp³-hybridized carbons (Fsp3) is 0.300. The van der Waals surface area contributed by atoms with Crippen molar-refractivity contribution in [2.45, 2.75) is 34.1 Å². The van der Waals surface area contributed by atoms with Gasteiger partial charge in [-0.3, -0.25) is 4.79 Å². The van der Waals surface area contributed by atoms with Crippen molar-refractivity contribution in [3.05, 3.63) is 64.2 Å². The first-order chi connectivity index (χ1) is 11.4. The van der Waals surface area contributed by atoms with Gasteiger partial charge in [-0.1, -0.05) is 23.8 Å². The molecule has 0 atom stereocenters. The SMILES string of the molecule is CCOC(=O)c1ccc(NC(=O)Cc2ccc(C)cc2C)c(C)c1. The Hall–Kier alpha value is -2.62. The molecule has 4 heteroatoms. The molecular weight excluding hydrogens is 302 g/mol. The molecule has 126 valence electrons. The Labute approximate surface area is 142 Å². The zero-order chi connectivity index (χ0) is 17.7. The summed E-state index contributed by atoms with van der Waals surface area (Å²) in [5.74, 6) is -0.428. The van der Waals surface area contributed by atoms with Gasteiger partial charge in [0.2, 0.25) is 5.91 Å². The lowest BCUT2D eigenvalue weighted by Crippen LogP contribution is -2.16. The number of carbonyl (C=O) groups excluding carboxylic acids is 2. The molecule has 4 nitrogen and oxygen atoms in total. The molecule has 0 bridgehead atoms. The van der Waals surface area contributed by atoms with Crippen molar-refractivity contribution in [3.8, 4) is 0 Å². The van der Waals surface area contributed by atoms with Crippen LogP contribution in [0.2, 0.25) is 0 Å². The lowest BCUT2D eigenvalue weighted by Gasteiger charge is -2.11. The normalized spacial score (nSPS) is 10.3. The average Bonchev–Trinajstić information content (AvgIpc) is 2.52. The maximum atomic E-state index is 12.3. The van der Waals surface area contributed by atoms with Gasteiger partial charge in [0.1, 0.15) is 0 Å². The van der Waals surface area contributed by atoms with Crippen LogP contribution in [0.4, 0.5) is 5.69 Å². The molecule has 2 rings (SSSR count). The molecule has 0 spiro atoms. The molecular formula is C20H23NO3. The van der Waals surface area contributed by atoms with Crippen LogP contribution in [0.25, 0.3) is 0 Å². The minimum atomic E-state index is -0.353. The van der Waals surface area contributed by atoms with E-state index in [0.29, 0.717) is 24.3 Å². The number of hydrogen-bond donors (Lipinski definition) is 1. The van der Waals surface area contributed by atoms with E-state index in [0.717, 1.165) is 16.7 Å². The lowest BCUT2D eigenvalue weighted by atomic mass is 10.0. The van der Waals surface area contributed by atoms with Crippen molar-refractivity contribution in [2.75, 3.05) is 11.9 Å². The second-order valence-electron chi connectivity index (χ2n) is 5.91. The molecule has 0 saturated carbocycles. The topological polar surface area (TPSA) is 55.4 Å². The average molecular weight is 325 g/mol. The monoisotopic (exact) mass is 325 g/mol. The van der Waals surface area contributed by atoms with Crippen molar-refractivity contribution in [1.82, 2.24) is 0 Å². The molecule has 0 aromatic heterocycles. The summed E-state index contributed by atoms with van der Waals surface area (Å²) in [5, 5.41) is 2.91. The number of amides is 1. The molecule has 0 aliphatic rings. The fourth-order valence-electron chi connectivity index (χ4n) is 2.56. The Morgan fingerprint density at radius 1 is 1.00 bits per heavy atom. The Bertz CT molecular complexity index is 765. The molecule has 1 amide bonds. The highest BCUT2D eigenvalue weighted by Gasteiger charge is 2.11. The number of esters is 1. The third-order valence-electron chi connectivity index (χ3n) is 3.86. The summed E-state index contributed by atoms with van der Waals surface area (Å²) in [6, 6.07) is 11.2. The third kappa shape index (κ3) is 4.44. The van der Waals surface area contributed by atoms with E-state index in [2.05, 4.69) is 11.4 Å². The van der Waals surface area contributed by atoms with Crippen LogP contribution in [-0.4, -0.2) is 18.5 Å². The van der Waals surface area contributed by atoms with Gasteiger partial charge < -0.3 is 10.1 Å². The molecule has 24 heavy (non-hydrogen) atoms. The van der Waals surface area contributed by atoms with Gasteiger partial charge in [0.05, 0.1) is 18.6 Å². The minimum absolute atomic E-state index is 0.0751. The van der Waals surface area contributed by atoms with Crippen LogP contribution in [0, 0.1) is 20.8 Å². The summed E-state index contributed by atoms with van der Waals surface area (Å²) in [6.45, 7) is 8.01. The summed E-state index contributed by atoms with van der Waals surface area (Å²) in [4.78, 5) is 24.0. The third-order valence-corrected chi connectivity index (χ3v) is 3.86. The predicted molar refractivity (Wildman–Crippen MR) is 95.4 cm³/mol. The summed E-state index contributed by atoms with van der Waals surface area (Å²) in [7, 11) is 0. The largest absolute Gasteiger partial charge is 0.462 e. The van der Waals surface area contributed by atoms with Gasteiger partial charge >= 0.3 is 5.97 Å². The van der Waals surface area contributed by atoms with Crippen LogP contribution in [0.1, 0.15) is 39.5 Å². The van der Waals surface area contributed by atoms with E-state index >= 15 is 0 Å². The number of nitrogens with one attached hydrogen (secondary N) is 1. The highest BCUT2D eigenvalue weighted by atomic mass is 16.5. The molecule has 0 unspecified atom stereocenters. The maximum Gasteiger partial charge on any atom is 0.338 e. The van der Waals surface area contributed by atoms with E-state index in [1.165, 1.54) is 5.56 Å². The first kappa shape index (κ1) is 17.7. The molecule has 0 radical (unpaired) electrons. The molecule has 2 aromatic rings. The first-order valence-corrected chi connectivity index (χ1v) is 8.04. The van der Waals surface area contributed by atoms with Gasteiger partial charge in [-0.05, 0) is 62.6 Å². The Balaban J connectivity index is 2.07. The van der Waals surface area contributed by atoms with Crippen molar-refractivity contribution in [1.29, 1.82) is 0 Å². The predicted octanol–water partition coefficient (Wildman–Crippen LogP) is 3.97. The summed E-state index contributed by atoms with van der Waals surface area (Å²) in [6.07, 6.45) is 0.325. The van der Waals surface area contributed by atoms with Gasteiger partial charge in [0, 0.05) is 5.69 Å².